The van der Waals surface area contributed by atoms with Crippen LogP contribution in [-0.4, -0.2) is 19.8 Å². The van der Waals surface area contributed by atoms with E-state index in [4.69, 9.17) is 15.2 Å². The third-order valence-corrected chi connectivity index (χ3v) is 3.81. The lowest BCUT2D eigenvalue weighted by molar-refractivity contribution is -0.0817. The van der Waals surface area contributed by atoms with Crippen molar-refractivity contribution >= 4 is 0 Å². The minimum Gasteiger partial charge on any atom is -0.497 e. The molecule has 0 spiro atoms. The molecule has 2 N–H and O–H groups in total. The second-order valence-electron chi connectivity index (χ2n) is 4.83. The highest BCUT2D eigenvalue weighted by Crippen LogP contribution is 2.41. The van der Waals surface area contributed by atoms with E-state index in [-0.39, 0.29) is 11.6 Å². The second kappa shape index (κ2) is 5.07. The van der Waals surface area contributed by atoms with Gasteiger partial charge in [-0.25, -0.2) is 0 Å². The largest absolute Gasteiger partial charge is 0.497 e. The highest BCUT2D eigenvalue weighted by atomic mass is 16.5. The summed E-state index contributed by atoms with van der Waals surface area (Å²) in [5.74, 6) is 0.859. The van der Waals surface area contributed by atoms with Crippen LogP contribution in [0.25, 0.3) is 0 Å². The molecule has 0 saturated heterocycles. The lowest BCUT2D eigenvalue weighted by Crippen LogP contribution is -2.41. The van der Waals surface area contributed by atoms with Crippen LogP contribution in [0.15, 0.2) is 24.3 Å². The zero-order chi connectivity index (χ0) is 12.3. The number of nitrogens with two attached hydrogens (primary N) is 1. The van der Waals surface area contributed by atoms with E-state index in [1.807, 2.05) is 18.2 Å². The molecule has 0 heterocycles. The zero-order valence-electron chi connectivity index (χ0n) is 10.6. The van der Waals surface area contributed by atoms with Crippen LogP contribution >= 0.6 is 0 Å². The predicted molar refractivity (Wildman–Crippen MR) is 68.1 cm³/mol. The van der Waals surface area contributed by atoms with Gasteiger partial charge in [-0.05, 0) is 43.4 Å². The van der Waals surface area contributed by atoms with Crippen LogP contribution in [-0.2, 0) is 4.74 Å². The average Bonchev–Trinajstić information content (AvgIpc) is 2.33. The number of ether oxygens (including phenoxy) is 2. The molecule has 1 fully saturated rings. The van der Waals surface area contributed by atoms with Gasteiger partial charge in [-0.1, -0.05) is 12.1 Å². The highest BCUT2D eigenvalue weighted by molar-refractivity contribution is 5.30. The molecule has 3 nitrogen and oxygen atoms in total. The van der Waals surface area contributed by atoms with Gasteiger partial charge in [-0.15, -0.1) is 0 Å². The molecule has 0 radical (unpaired) electrons. The summed E-state index contributed by atoms with van der Waals surface area (Å²) in [5, 5.41) is 0. The molecule has 1 unspecified atom stereocenters. The van der Waals surface area contributed by atoms with Gasteiger partial charge in [-0.2, -0.15) is 0 Å². The minimum atomic E-state index is 0.0164. The van der Waals surface area contributed by atoms with Gasteiger partial charge in [0.1, 0.15) is 5.75 Å². The van der Waals surface area contributed by atoms with Crippen molar-refractivity contribution in [2.24, 2.45) is 5.73 Å². The summed E-state index contributed by atoms with van der Waals surface area (Å²) in [4.78, 5) is 0. The Kier molecular flexibility index (Phi) is 3.69. The second-order valence-corrected chi connectivity index (χ2v) is 4.83. The Morgan fingerprint density at radius 1 is 1.35 bits per heavy atom. The van der Waals surface area contributed by atoms with E-state index in [0.717, 1.165) is 30.6 Å². The number of benzene rings is 1. The van der Waals surface area contributed by atoms with Gasteiger partial charge in [0.25, 0.3) is 0 Å². The van der Waals surface area contributed by atoms with Gasteiger partial charge in [0.15, 0.2) is 0 Å². The topological polar surface area (TPSA) is 44.5 Å². The summed E-state index contributed by atoms with van der Waals surface area (Å²) in [7, 11) is 3.46. The Balaban J connectivity index is 2.05. The fourth-order valence-corrected chi connectivity index (χ4v) is 2.45. The predicted octanol–water partition coefficient (Wildman–Crippen LogP) is 2.65. The molecule has 1 aromatic carbocycles. The summed E-state index contributed by atoms with van der Waals surface area (Å²) < 4.78 is 10.8. The summed E-state index contributed by atoms with van der Waals surface area (Å²) in [6.45, 7) is 0. The van der Waals surface area contributed by atoms with Crippen LogP contribution in [0.4, 0.5) is 0 Å². The summed E-state index contributed by atoms with van der Waals surface area (Å²) in [6.07, 6.45) is 4.39. The van der Waals surface area contributed by atoms with E-state index in [1.165, 1.54) is 6.42 Å². The lowest BCUT2D eigenvalue weighted by atomic mass is 9.75. The molecule has 0 amide bonds. The van der Waals surface area contributed by atoms with Crippen molar-refractivity contribution in [2.75, 3.05) is 14.2 Å². The third kappa shape index (κ3) is 2.61. The standard InChI is InChI=1S/C14H21NO2/c1-16-12-6-3-5-11(9-12)13(15)10-14(17-2)7-4-8-14/h3,5-6,9,13H,4,7-8,10,15H2,1-2H3. The molecule has 94 valence electrons. The molecule has 1 saturated carbocycles. The highest BCUT2D eigenvalue weighted by Gasteiger charge is 2.38. The van der Waals surface area contributed by atoms with Crippen LogP contribution in [0.3, 0.4) is 0 Å². The maximum absolute atomic E-state index is 6.25. The van der Waals surface area contributed by atoms with Gasteiger partial charge >= 0.3 is 0 Å². The summed E-state index contributed by atoms with van der Waals surface area (Å²) in [6, 6.07) is 7.99. The van der Waals surface area contributed by atoms with E-state index in [0.29, 0.717) is 0 Å². The molecular weight excluding hydrogens is 214 g/mol. The van der Waals surface area contributed by atoms with Crippen molar-refractivity contribution in [3.8, 4) is 5.75 Å². The van der Waals surface area contributed by atoms with E-state index < -0.39 is 0 Å². The Morgan fingerprint density at radius 2 is 2.12 bits per heavy atom. The minimum absolute atomic E-state index is 0.0164. The molecule has 3 heteroatoms. The molecule has 1 aliphatic rings. The quantitative estimate of drug-likeness (QED) is 0.853. The van der Waals surface area contributed by atoms with E-state index in [2.05, 4.69) is 6.07 Å². The van der Waals surface area contributed by atoms with Crippen LogP contribution < -0.4 is 10.5 Å². The van der Waals surface area contributed by atoms with Crippen molar-refractivity contribution in [1.82, 2.24) is 0 Å². The molecule has 1 atom stereocenters. The molecule has 1 aliphatic carbocycles. The van der Waals surface area contributed by atoms with Gasteiger partial charge in [0, 0.05) is 13.2 Å². The van der Waals surface area contributed by atoms with Gasteiger partial charge in [-0.3, -0.25) is 0 Å². The smallest absolute Gasteiger partial charge is 0.119 e. The van der Waals surface area contributed by atoms with Crippen LogP contribution in [0.1, 0.15) is 37.3 Å². The van der Waals surface area contributed by atoms with E-state index >= 15 is 0 Å². The van der Waals surface area contributed by atoms with Crippen molar-refractivity contribution in [2.45, 2.75) is 37.3 Å². The van der Waals surface area contributed by atoms with Gasteiger partial charge < -0.3 is 15.2 Å². The van der Waals surface area contributed by atoms with Crippen molar-refractivity contribution < 1.29 is 9.47 Å². The molecule has 2 rings (SSSR count). The Morgan fingerprint density at radius 3 is 2.65 bits per heavy atom. The first kappa shape index (κ1) is 12.4. The lowest BCUT2D eigenvalue weighted by Gasteiger charge is -2.42. The first-order chi connectivity index (χ1) is 8.19. The van der Waals surface area contributed by atoms with E-state index in [9.17, 15) is 0 Å². The molecule has 1 aromatic rings. The SMILES string of the molecule is COc1cccc(C(N)CC2(OC)CCC2)c1. The van der Waals surface area contributed by atoms with Gasteiger partial charge in [0.05, 0.1) is 12.7 Å². The molecular formula is C14H21NO2. The average molecular weight is 235 g/mol. The number of hydrogen-bond acceptors (Lipinski definition) is 3. The third-order valence-electron chi connectivity index (χ3n) is 3.81. The van der Waals surface area contributed by atoms with Crippen molar-refractivity contribution in [3.63, 3.8) is 0 Å². The Bertz CT molecular complexity index is 369. The Labute approximate surface area is 103 Å². The molecule has 17 heavy (non-hydrogen) atoms. The molecule has 0 aliphatic heterocycles. The van der Waals surface area contributed by atoms with E-state index in [1.54, 1.807) is 14.2 Å². The maximum atomic E-state index is 6.25. The van der Waals surface area contributed by atoms with Crippen molar-refractivity contribution in [1.29, 1.82) is 0 Å². The fourth-order valence-electron chi connectivity index (χ4n) is 2.45. The normalized spacial score (nSPS) is 19.5. The monoisotopic (exact) mass is 235 g/mol. The zero-order valence-corrected chi connectivity index (χ0v) is 10.6. The number of methoxy groups -OCH3 is 2. The fraction of sp³-hybridized carbons (Fsp3) is 0.571. The first-order valence-corrected chi connectivity index (χ1v) is 6.14. The number of rotatable bonds is 5. The van der Waals surface area contributed by atoms with Crippen LogP contribution in [0.2, 0.25) is 0 Å². The molecule has 0 bridgehead atoms. The van der Waals surface area contributed by atoms with Gasteiger partial charge in [0.2, 0.25) is 0 Å². The maximum Gasteiger partial charge on any atom is 0.119 e. The summed E-state index contributed by atoms with van der Waals surface area (Å²) >= 11 is 0. The van der Waals surface area contributed by atoms with Crippen LogP contribution in [0.5, 0.6) is 5.75 Å². The first-order valence-electron chi connectivity index (χ1n) is 6.14. The molecule has 0 aromatic heterocycles. The van der Waals surface area contributed by atoms with Crippen LogP contribution in [0, 0.1) is 0 Å². The van der Waals surface area contributed by atoms with Crippen molar-refractivity contribution in [3.05, 3.63) is 29.8 Å². The Hall–Kier alpha value is -1.06. The number of hydrogen-bond donors (Lipinski definition) is 1. The summed E-state index contributed by atoms with van der Waals surface area (Å²) in [5.41, 5.74) is 7.39.